The predicted octanol–water partition coefficient (Wildman–Crippen LogP) is 4.15. The van der Waals surface area contributed by atoms with Crippen LogP contribution in [-0.2, 0) is 6.54 Å². The lowest BCUT2D eigenvalue weighted by molar-refractivity contribution is 0.0537. The first-order valence-corrected chi connectivity index (χ1v) is 9.86. The molecule has 0 unspecified atom stereocenters. The van der Waals surface area contributed by atoms with Gasteiger partial charge in [0, 0.05) is 11.1 Å². The normalized spacial score (nSPS) is 15.5. The molecule has 3 aromatic rings. The van der Waals surface area contributed by atoms with Crippen molar-refractivity contribution in [1.82, 2.24) is 10.1 Å². The van der Waals surface area contributed by atoms with E-state index >= 15 is 0 Å². The Morgan fingerprint density at radius 3 is 2.65 bits per heavy atom. The zero-order chi connectivity index (χ0) is 22.3. The van der Waals surface area contributed by atoms with Crippen LogP contribution in [-0.4, -0.2) is 41.8 Å². The van der Waals surface area contributed by atoms with Crippen molar-refractivity contribution >= 4 is 17.5 Å². The van der Waals surface area contributed by atoms with Gasteiger partial charge in [0.1, 0.15) is 40.4 Å². The van der Waals surface area contributed by atoms with Gasteiger partial charge in [0.2, 0.25) is 0 Å². The second-order valence-corrected chi connectivity index (χ2v) is 7.53. The molecule has 0 saturated carbocycles. The summed E-state index contributed by atoms with van der Waals surface area (Å²) >= 11 is 6.18. The fourth-order valence-corrected chi connectivity index (χ4v) is 4.16. The van der Waals surface area contributed by atoms with Gasteiger partial charge in [0.15, 0.2) is 0 Å². The maximum Gasteiger partial charge on any atom is 0.260 e. The Kier molecular flexibility index (Phi) is 5.60. The van der Waals surface area contributed by atoms with Crippen molar-refractivity contribution in [2.75, 3.05) is 20.8 Å². The number of aryl methyl sites for hydroxylation is 1. The monoisotopic (exact) mass is 446 g/mol. The van der Waals surface area contributed by atoms with Gasteiger partial charge in [-0.2, -0.15) is 0 Å². The maximum absolute atomic E-state index is 14.5. The molecule has 7 nitrogen and oxygen atoms in total. The molecule has 1 aromatic heterocycles. The highest BCUT2D eigenvalue weighted by atomic mass is 35.5. The van der Waals surface area contributed by atoms with Crippen LogP contribution in [0.4, 0.5) is 4.39 Å². The van der Waals surface area contributed by atoms with E-state index in [0.717, 1.165) is 0 Å². The zero-order valence-electron chi connectivity index (χ0n) is 17.1. The predicted molar refractivity (Wildman–Crippen MR) is 111 cm³/mol. The van der Waals surface area contributed by atoms with Crippen molar-refractivity contribution in [3.05, 3.63) is 63.6 Å². The molecule has 0 spiro atoms. The number of nitrogens with zero attached hydrogens (tertiary/aromatic N) is 2. The van der Waals surface area contributed by atoms with E-state index in [4.69, 9.17) is 25.6 Å². The SMILES string of the molecule is COc1ccc(OC)c2c1CN(C(=O)c1c(-c3c(F)cccc3Cl)noc1C)C[C@H]2O. The van der Waals surface area contributed by atoms with Crippen molar-refractivity contribution in [3.63, 3.8) is 0 Å². The number of benzene rings is 2. The second kappa shape index (κ2) is 8.20. The number of ether oxygens (including phenoxy) is 2. The molecule has 1 aliphatic heterocycles. The summed E-state index contributed by atoms with van der Waals surface area (Å²) in [6.45, 7) is 1.72. The number of fused-ring (bicyclic) bond motifs is 1. The molecule has 0 fully saturated rings. The first kappa shape index (κ1) is 21.1. The van der Waals surface area contributed by atoms with E-state index in [2.05, 4.69) is 5.16 Å². The first-order chi connectivity index (χ1) is 14.9. The highest BCUT2D eigenvalue weighted by Crippen LogP contribution is 2.41. The van der Waals surface area contributed by atoms with Gasteiger partial charge in [-0.1, -0.05) is 22.8 Å². The minimum Gasteiger partial charge on any atom is -0.496 e. The van der Waals surface area contributed by atoms with Gasteiger partial charge < -0.3 is 24.0 Å². The lowest BCUT2D eigenvalue weighted by Gasteiger charge is -2.34. The summed E-state index contributed by atoms with van der Waals surface area (Å²) in [6.07, 6.45) is -1.00. The highest BCUT2D eigenvalue weighted by molar-refractivity contribution is 6.33. The van der Waals surface area contributed by atoms with Crippen LogP contribution in [0.15, 0.2) is 34.9 Å². The van der Waals surface area contributed by atoms with Gasteiger partial charge in [-0.3, -0.25) is 4.79 Å². The Bertz CT molecular complexity index is 1140. The van der Waals surface area contributed by atoms with Crippen LogP contribution >= 0.6 is 11.6 Å². The van der Waals surface area contributed by atoms with E-state index in [0.29, 0.717) is 22.6 Å². The number of carbonyl (C=O) groups is 1. The molecule has 0 radical (unpaired) electrons. The lowest BCUT2D eigenvalue weighted by atomic mass is 9.94. The van der Waals surface area contributed by atoms with Crippen molar-refractivity contribution in [2.45, 2.75) is 19.6 Å². The smallest absolute Gasteiger partial charge is 0.260 e. The number of amides is 1. The molecule has 1 N–H and O–H groups in total. The number of hydrogen-bond acceptors (Lipinski definition) is 6. The number of β-amino-alcohol motifs (C(OH)–C–C–N with tert-alkyl or cyclic N) is 1. The zero-order valence-corrected chi connectivity index (χ0v) is 17.9. The number of methoxy groups -OCH3 is 2. The number of carbonyl (C=O) groups excluding carboxylic acids is 1. The van der Waals surface area contributed by atoms with E-state index in [9.17, 15) is 14.3 Å². The molecular weight excluding hydrogens is 427 g/mol. The number of aliphatic hydroxyl groups excluding tert-OH is 1. The van der Waals surface area contributed by atoms with Crippen LogP contribution in [0, 0.1) is 12.7 Å². The molecule has 0 saturated heterocycles. The van der Waals surface area contributed by atoms with E-state index in [1.807, 2.05) is 0 Å². The molecule has 4 rings (SSSR count). The number of aliphatic hydroxyl groups is 1. The number of halogens is 2. The van der Waals surface area contributed by atoms with Gasteiger partial charge in [-0.05, 0) is 31.2 Å². The number of aromatic nitrogens is 1. The Balaban J connectivity index is 1.78. The maximum atomic E-state index is 14.5. The standard InChI is InChI=1S/C22H20ClFN2O5/c1-11-18(21(25-31-11)20-13(23)5-4-6-14(20)24)22(28)26-9-12-16(29-2)7-8-17(30-3)19(12)15(27)10-26/h4-8,15,27H,9-10H2,1-3H3/t15-/m1/s1. The van der Waals surface area contributed by atoms with Gasteiger partial charge in [-0.15, -0.1) is 0 Å². The largest absolute Gasteiger partial charge is 0.496 e. The highest BCUT2D eigenvalue weighted by Gasteiger charge is 2.35. The van der Waals surface area contributed by atoms with Crippen molar-refractivity contribution < 1.29 is 28.3 Å². The summed E-state index contributed by atoms with van der Waals surface area (Å²) in [5, 5.41) is 14.8. The molecule has 31 heavy (non-hydrogen) atoms. The van der Waals surface area contributed by atoms with Crippen LogP contribution in [0.2, 0.25) is 5.02 Å². The molecular formula is C22H20ClFN2O5. The molecule has 1 amide bonds. The van der Waals surface area contributed by atoms with Gasteiger partial charge in [0.25, 0.3) is 5.91 Å². The third-order valence-corrected chi connectivity index (χ3v) is 5.67. The quantitative estimate of drug-likeness (QED) is 0.648. The van der Waals surface area contributed by atoms with Crippen LogP contribution in [0.5, 0.6) is 11.5 Å². The summed E-state index contributed by atoms with van der Waals surface area (Å²) in [6, 6.07) is 7.63. The summed E-state index contributed by atoms with van der Waals surface area (Å²) < 4.78 is 30.5. The topological polar surface area (TPSA) is 85.0 Å². The third kappa shape index (κ3) is 3.51. The molecule has 9 heteroatoms. The average molecular weight is 447 g/mol. The Morgan fingerprint density at radius 1 is 1.26 bits per heavy atom. The summed E-state index contributed by atoms with van der Waals surface area (Å²) in [4.78, 5) is 14.9. The summed E-state index contributed by atoms with van der Waals surface area (Å²) in [5.41, 5.74) is 1.30. The molecule has 0 aliphatic carbocycles. The molecule has 0 bridgehead atoms. The lowest BCUT2D eigenvalue weighted by Crippen LogP contribution is -2.39. The van der Waals surface area contributed by atoms with Gasteiger partial charge in [-0.25, -0.2) is 4.39 Å². The second-order valence-electron chi connectivity index (χ2n) is 7.12. The number of hydrogen-bond donors (Lipinski definition) is 1. The van der Waals surface area contributed by atoms with Crippen LogP contribution in [0.25, 0.3) is 11.3 Å². The van der Waals surface area contributed by atoms with E-state index in [-0.39, 0.29) is 40.7 Å². The summed E-state index contributed by atoms with van der Waals surface area (Å²) in [7, 11) is 3.02. The van der Waals surface area contributed by atoms with Crippen LogP contribution in [0.1, 0.15) is 33.3 Å². The molecule has 1 atom stereocenters. The summed E-state index contributed by atoms with van der Waals surface area (Å²) in [5.74, 6) is 0.160. The Morgan fingerprint density at radius 2 is 1.97 bits per heavy atom. The third-order valence-electron chi connectivity index (χ3n) is 5.35. The van der Waals surface area contributed by atoms with Crippen molar-refractivity contribution in [3.8, 4) is 22.8 Å². The van der Waals surface area contributed by atoms with Crippen LogP contribution in [0.3, 0.4) is 0 Å². The average Bonchev–Trinajstić information content (AvgIpc) is 3.13. The minimum absolute atomic E-state index is 0.00439. The fraction of sp³-hybridized carbons (Fsp3) is 0.273. The molecule has 2 aromatic carbocycles. The first-order valence-electron chi connectivity index (χ1n) is 9.49. The minimum atomic E-state index is -1.00. The van der Waals surface area contributed by atoms with Crippen LogP contribution < -0.4 is 9.47 Å². The fourth-order valence-electron chi connectivity index (χ4n) is 3.91. The van der Waals surface area contributed by atoms with E-state index in [1.54, 1.807) is 19.1 Å². The molecule has 2 heterocycles. The number of rotatable bonds is 4. The Labute approximate surface area is 182 Å². The van der Waals surface area contributed by atoms with E-state index in [1.165, 1.54) is 37.3 Å². The molecule has 1 aliphatic rings. The van der Waals surface area contributed by atoms with Crippen molar-refractivity contribution in [2.24, 2.45) is 0 Å². The van der Waals surface area contributed by atoms with Gasteiger partial charge >= 0.3 is 0 Å². The Hall–Kier alpha value is -3.10. The molecule has 162 valence electrons. The van der Waals surface area contributed by atoms with E-state index < -0.39 is 17.8 Å². The van der Waals surface area contributed by atoms with Gasteiger partial charge in [0.05, 0.1) is 37.9 Å². The van der Waals surface area contributed by atoms with Crippen molar-refractivity contribution in [1.29, 1.82) is 0 Å².